The molecule has 0 saturated carbocycles. The molecule has 1 saturated heterocycles. The van der Waals surface area contributed by atoms with Crippen molar-refractivity contribution in [2.24, 2.45) is 5.73 Å². The monoisotopic (exact) mass is 186 g/mol. The first kappa shape index (κ1) is 10.5. The highest BCUT2D eigenvalue weighted by Crippen LogP contribution is 2.20. The molecule has 4 nitrogen and oxygen atoms in total. The van der Waals surface area contributed by atoms with Crippen LogP contribution in [0.2, 0.25) is 0 Å². The highest BCUT2D eigenvalue weighted by molar-refractivity contribution is 5.80. The molecule has 4 heteroatoms. The molecule has 76 valence electrons. The van der Waals surface area contributed by atoms with Crippen LogP contribution in [0.25, 0.3) is 0 Å². The van der Waals surface area contributed by atoms with Gasteiger partial charge in [0.25, 0.3) is 5.91 Å². The van der Waals surface area contributed by atoms with Gasteiger partial charge in [-0.15, -0.1) is 0 Å². The van der Waals surface area contributed by atoms with Crippen molar-refractivity contribution in [3.63, 3.8) is 0 Å². The van der Waals surface area contributed by atoms with Gasteiger partial charge in [0.1, 0.15) is 6.10 Å². The fraction of sp³-hybridized carbons (Fsp3) is 0.889. The average Bonchev–Trinajstić information content (AvgIpc) is 2.63. The van der Waals surface area contributed by atoms with Crippen molar-refractivity contribution < 1.29 is 9.53 Å². The first-order valence-corrected chi connectivity index (χ1v) is 4.79. The molecule has 2 N–H and O–H groups in total. The zero-order valence-corrected chi connectivity index (χ0v) is 8.32. The van der Waals surface area contributed by atoms with Crippen molar-refractivity contribution in [3.05, 3.63) is 0 Å². The molecule has 2 unspecified atom stereocenters. The Morgan fingerprint density at radius 3 is 2.77 bits per heavy atom. The van der Waals surface area contributed by atoms with Crippen LogP contribution in [0.15, 0.2) is 0 Å². The molecule has 0 spiro atoms. The molecule has 0 aromatic carbocycles. The molecule has 0 aromatic rings. The van der Waals surface area contributed by atoms with Gasteiger partial charge in [-0.2, -0.15) is 0 Å². The molecule has 2 atom stereocenters. The van der Waals surface area contributed by atoms with Gasteiger partial charge in [0.2, 0.25) is 0 Å². The zero-order chi connectivity index (χ0) is 9.84. The molecule has 1 fully saturated rings. The highest BCUT2D eigenvalue weighted by Gasteiger charge is 2.31. The fourth-order valence-electron chi connectivity index (χ4n) is 1.46. The van der Waals surface area contributed by atoms with Crippen LogP contribution in [-0.2, 0) is 9.53 Å². The molecule has 0 aromatic heterocycles. The normalized spacial score (nSPS) is 27.6. The molecule has 1 heterocycles. The van der Waals surface area contributed by atoms with E-state index in [2.05, 4.69) is 0 Å². The molecule has 0 bridgehead atoms. The van der Waals surface area contributed by atoms with E-state index >= 15 is 0 Å². The summed E-state index contributed by atoms with van der Waals surface area (Å²) in [7, 11) is 1.79. The summed E-state index contributed by atoms with van der Waals surface area (Å²) in [6.07, 6.45) is 1.55. The number of carbonyl (C=O) groups excluding carboxylic acids is 1. The van der Waals surface area contributed by atoms with Gasteiger partial charge in [0.15, 0.2) is 0 Å². The fourth-order valence-corrected chi connectivity index (χ4v) is 1.46. The van der Waals surface area contributed by atoms with Crippen LogP contribution in [0.4, 0.5) is 0 Å². The molecular weight excluding hydrogens is 168 g/mol. The molecular formula is C9H18N2O2. The zero-order valence-electron chi connectivity index (χ0n) is 8.32. The van der Waals surface area contributed by atoms with E-state index in [0.717, 1.165) is 19.4 Å². The quantitative estimate of drug-likeness (QED) is 0.673. The number of hydrogen-bond acceptors (Lipinski definition) is 3. The molecule has 1 aliphatic heterocycles. The van der Waals surface area contributed by atoms with Gasteiger partial charge in [-0.25, -0.2) is 0 Å². The lowest BCUT2D eigenvalue weighted by Crippen LogP contribution is -2.36. The summed E-state index contributed by atoms with van der Waals surface area (Å²) >= 11 is 0. The lowest BCUT2D eigenvalue weighted by atomic mass is 10.2. The molecule has 0 radical (unpaired) electrons. The van der Waals surface area contributed by atoms with E-state index in [1.54, 1.807) is 11.9 Å². The van der Waals surface area contributed by atoms with E-state index in [9.17, 15) is 4.79 Å². The summed E-state index contributed by atoms with van der Waals surface area (Å²) in [5.74, 6) is 0.0819. The number of amides is 1. The lowest BCUT2D eigenvalue weighted by Gasteiger charge is -2.19. The van der Waals surface area contributed by atoms with Gasteiger partial charge in [0.05, 0.1) is 6.10 Å². The minimum Gasteiger partial charge on any atom is -0.364 e. The Balaban J connectivity index is 2.41. The van der Waals surface area contributed by atoms with Crippen LogP contribution in [0.3, 0.4) is 0 Å². The van der Waals surface area contributed by atoms with E-state index in [4.69, 9.17) is 10.5 Å². The average molecular weight is 186 g/mol. The number of ether oxygens (including phenoxy) is 1. The van der Waals surface area contributed by atoms with E-state index in [-0.39, 0.29) is 18.1 Å². The SMILES string of the molecule is CCN(C)C(=O)C1CCC(CN)O1. The van der Waals surface area contributed by atoms with Gasteiger partial charge in [-0.05, 0) is 19.8 Å². The topological polar surface area (TPSA) is 55.6 Å². The first-order chi connectivity index (χ1) is 6.19. The van der Waals surface area contributed by atoms with Crippen LogP contribution in [0, 0.1) is 0 Å². The largest absolute Gasteiger partial charge is 0.364 e. The summed E-state index contributed by atoms with van der Waals surface area (Å²) in [6, 6.07) is 0. The van der Waals surface area contributed by atoms with E-state index < -0.39 is 0 Å². The number of hydrogen-bond donors (Lipinski definition) is 1. The second-order valence-electron chi connectivity index (χ2n) is 3.41. The van der Waals surface area contributed by atoms with Crippen molar-refractivity contribution in [2.45, 2.75) is 32.0 Å². The molecule has 1 amide bonds. The van der Waals surface area contributed by atoms with Gasteiger partial charge >= 0.3 is 0 Å². The highest BCUT2D eigenvalue weighted by atomic mass is 16.5. The van der Waals surface area contributed by atoms with Crippen molar-refractivity contribution in [1.29, 1.82) is 0 Å². The standard InChI is InChI=1S/C9H18N2O2/c1-3-11(2)9(12)8-5-4-7(6-10)13-8/h7-8H,3-6,10H2,1-2H3. The van der Waals surface area contributed by atoms with E-state index in [1.807, 2.05) is 6.92 Å². The van der Waals surface area contributed by atoms with Gasteiger partial charge in [-0.3, -0.25) is 4.79 Å². The van der Waals surface area contributed by atoms with E-state index in [0.29, 0.717) is 6.54 Å². The second-order valence-corrected chi connectivity index (χ2v) is 3.41. The van der Waals surface area contributed by atoms with Crippen molar-refractivity contribution in [2.75, 3.05) is 20.1 Å². The number of nitrogens with zero attached hydrogens (tertiary/aromatic N) is 1. The lowest BCUT2D eigenvalue weighted by molar-refractivity contribution is -0.141. The Kier molecular flexibility index (Phi) is 3.69. The predicted molar refractivity (Wildman–Crippen MR) is 50.3 cm³/mol. The predicted octanol–water partition coefficient (Wildman–Crippen LogP) is -0.0290. The minimum atomic E-state index is -0.251. The maximum absolute atomic E-state index is 11.6. The van der Waals surface area contributed by atoms with Gasteiger partial charge in [0, 0.05) is 20.1 Å². The van der Waals surface area contributed by atoms with Gasteiger partial charge < -0.3 is 15.4 Å². The Labute approximate surface area is 79.0 Å². The molecule has 1 rings (SSSR count). The number of carbonyl (C=O) groups is 1. The molecule has 13 heavy (non-hydrogen) atoms. The summed E-state index contributed by atoms with van der Waals surface area (Å²) < 4.78 is 5.48. The summed E-state index contributed by atoms with van der Waals surface area (Å²) in [4.78, 5) is 13.3. The van der Waals surface area contributed by atoms with E-state index in [1.165, 1.54) is 0 Å². The number of likely N-dealkylation sites (N-methyl/N-ethyl adjacent to an activating group) is 1. The van der Waals surface area contributed by atoms with Crippen molar-refractivity contribution in [3.8, 4) is 0 Å². The number of rotatable bonds is 3. The third-order valence-corrected chi connectivity index (χ3v) is 2.50. The first-order valence-electron chi connectivity index (χ1n) is 4.79. The Morgan fingerprint density at radius 2 is 2.31 bits per heavy atom. The third kappa shape index (κ3) is 2.42. The van der Waals surface area contributed by atoms with Crippen LogP contribution in [-0.4, -0.2) is 43.2 Å². The summed E-state index contributed by atoms with van der Waals surface area (Å²) in [5.41, 5.74) is 5.45. The van der Waals surface area contributed by atoms with Crippen LogP contribution in [0.5, 0.6) is 0 Å². The second kappa shape index (κ2) is 4.58. The third-order valence-electron chi connectivity index (χ3n) is 2.50. The maximum atomic E-state index is 11.6. The van der Waals surface area contributed by atoms with Gasteiger partial charge in [-0.1, -0.05) is 0 Å². The van der Waals surface area contributed by atoms with Crippen LogP contribution < -0.4 is 5.73 Å². The Morgan fingerprint density at radius 1 is 1.62 bits per heavy atom. The Bertz CT molecular complexity index is 184. The maximum Gasteiger partial charge on any atom is 0.251 e. The van der Waals surface area contributed by atoms with Crippen LogP contribution >= 0.6 is 0 Å². The molecule has 0 aliphatic carbocycles. The number of nitrogens with two attached hydrogens (primary N) is 1. The smallest absolute Gasteiger partial charge is 0.251 e. The van der Waals surface area contributed by atoms with Crippen LogP contribution in [0.1, 0.15) is 19.8 Å². The Hall–Kier alpha value is -0.610. The molecule has 1 aliphatic rings. The van der Waals surface area contributed by atoms with Crippen molar-refractivity contribution >= 4 is 5.91 Å². The minimum absolute atomic E-state index is 0.0819. The summed E-state index contributed by atoms with van der Waals surface area (Å²) in [5, 5.41) is 0. The van der Waals surface area contributed by atoms with Crippen molar-refractivity contribution in [1.82, 2.24) is 4.90 Å². The summed E-state index contributed by atoms with van der Waals surface area (Å²) in [6.45, 7) is 3.19.